The zero-order valence-electron chi connectivity index (χ0n) is 15.5. The van der Waals surface area contributed by atoms with Gasteiger partial charge in [-0.3, -0.25) is 14.7 Å². The van der Waals surface area contributed by atoms with Gasteiger partial charge in [0.1, 0.15) is 5.76 Å². The molecule has 0 aromatic carbocycles. The summed E-state index contributed by atoms with van der Waals surface area (Å²) < 4.78 is 7.45. The van der Waals surface area contributed by atoms with E-state index in [1.165, 1.54) is 25.2 Å². The summed E-state index contributed by atoms with van der Waals surface area (Å²) in [5.41, 5.74) is 0. The van der Waals surface area contributed by atoms with Crippen molar-refractivity contribution in [3.63, 3.8) is 0 Å². The molecule has 0 spiro atoms. The standard InChI is InChI=1S/C17H24N6O3S/c1-12-5-3-7-22(9-12)16-20-21-17(23(16)10-13-6-4-8-26-13)27-11-14(24)19-15(25)18-2/h4,6,8,12H,3,5,7,9-11H2,1-2H3,(H2,18,19,24,25). The van der Waals surface area contributed by atoms with Crippen LogP contribution in [0.5, 0.6) is 0 Å². The lowest BCUT2D eigenvalue weighted by molar-refractivity contribution is -0.117. The number of anilines is 1. The van der Waals surface area contributed by atoms with E-state index in [4.69, 9.17) is 4.42 Å². The van der Waals surface area contributed by atoms with Crippen LogP contribution in [0.15, 0.2) is 28.0 Å². The molecule has 146 valence electrons. The number of carbonyl (C=O) groups excluding carboxylic acids is 2. The molecule has 3 amide bonds. The molecule has 9 nitrogen and oxygen atoms in total. The predicted molar refractivity (Wildman–Crippen MR) is 102 cm³/mol. The van der Waals surface area contributed by atoms with Crippen molar-refractivity contribution in [2.24, 2.45) is 5.92 Å². The van der Waals surface area contributed by atoms with Gasteiger partial charge in [0.15, 0.2) is 5.16 Å². The van der Waals surface area contributed by atoms with Crippen LogP contribution in [0.2, 0.25) is 0 Å². The smallest absolute Gasteiger partial charge is 0.321 e. The fourth-order valence-electron chi connectivity index (χ4n) is 3.04. The summed E-state index contributed by atoms with van der Waals surface area (Å²) in [5.74, 6) is 1.85. The van der Waals surface area contributed by atoms with E-state index in [0.717, 1.165) is 31.2 Å². The number of piperidine rings is 1. The molecule has 10 heteroatoms. The minimum Gasteiger partial charge on any atom is -0.467 e. The number of furan rings is 1. The van der Waals surface area contributed by atoms with E-state index in [1.807, 2.05) is 16.7 Å². The Bertz CT molecular complexity index is 776. The molecule has 1 aliphatic rings. The molecule has 0 radical (unpaired) electrons. The Kier molecular flexibility index (Phi) is 6.38. The van der Waals surface area contributed by atoms with E-state index in [-0.39, 0.29) is 11.7 Å². The van der Waals surface area contributed by atoms with Crippen molar-refractivity contribution >= 4 is 29.6 Å². The van der Waals surface area contributed by atoms with Crippen molar-refractivity contribution in [1.82, 2.24) is 25.4 Å². The van der Waals surface area contributed by atoms with E-state index in [2.05, 4.69) is 32.7 Å². The maximum Gasteiger partial charge on any atom is 0.321 e. The first-order valence-electron chi connectivity index (χ1n) is 8.91. The van der Waals surface area contributed by atoms with Gasteiger partial charge in [0.2, 0.25) is 11.9 Å². The van der Waals surface area contributed by atoms with Crippen molar-refractivity contribution in [3.05, 3.63) is 24.2 Å². The number of amides is 3. The van der Waals surface area contributed by atoms with Gasteiger partial charge < -0.3 is 14.6 Å². The highest BCUT2D eigenvalue weighted by atomic mass is 32.2. The van der Waals surface area contributed by atoms with Crippen molar-refractivity contribution < 1.29 is 14.0 Å². The number of rotatable bonds is 6. The van der Waals surface area contributed by atoms with Crippen molar-refractivity contribution in [2.45, 2.75) is 31.5 Å². The highest BCUT2D eigenvalue weighted by Gasteiger charge is 2.24. The lowest BCUT2D eigenvalue weighted by atomic mass is 10.0. The van der Waals surface area contributed by atoms with Crippen LogP contribution in [-0.2, 0) is 11.3 Å². The molecule has 1 unspecified atom stereocenters. The van der Waals surface area contributed by atoms with Crippen molar-refractivity contribution in [1.29, 1.82) is 0 Å². The fourth-order valence-corrected chi connectivity index (χ4v) is 3.78. The monoisotopic (exact) mass is 392 g/mol. The molecule has 1 fully saturated rings. The van der Waals surface area contributed by atoms with Gasteiger partial charge in [-0.15, -0.1) is 10.2 Å². The van der Waals surface area contributed by atoms with E-state index in [0.29, 0.717) is 17.6 Å². The molecule has 1 saturated heterocycles. The van der Waals surface area contributed by atoms with E-state index < -0.39 is 6.03 Å². The van der Waals surface area contributed by atoms with Crippen LogP contribution in [0.4, 0.5) is 10.7 Å². The van der Waals surface area contributed by atoms with Crippen LogP contribution in [0.3, 0.4) is 0 Å². The summed E-state index contributed by atoms with van der Waals surface area (Å²) in [4.78, 5) is 25.4. The van der Waals surface area contributed by atoms with Gasteiger partial charge in [-0.2, -0.15) is 0 Å². The first-order chi connectivity index (χ1) is 13.1. The number of hydrogen-bond acceptors (Lipinski definition) is 7. The number of urea groups is 1. The maximum atomic E-state index is 11.9. The lowest BCUT2D eigenvalue weighted by Crippen LogP contribution is -2.38. The van der Waals surface area contributed by atoms with Crippen LogP contribution in [-0.4, -0.2) is 52.6 Å². The van der Waals surface area contributed by atoms with Crippen LogP contribution in [0.25, 0.3) is 0 Å². The Balaban J connectivity index is 1.76. The Morgan fingerprint density at radius 3 is 2.96 bits per heavy atom. The number of nitrogens with one attached hydrogen (secondary N) is 2. The number of thioether (sulfide) groups is 1. The number of hydrogen-bond donors (Lipinski definition) is 2. The van der Waals surface area contributed by atoms with Crippen LogP contribution >= 0.6 is 11.8 Å². The molecular weight excluding hydrogens is 368 g/mol. The summed E-state index contributed by atoms with van der Waals surface area (Å²) in [6, 6.07) is 3.21. The van der Waals surface area contributed by atoms with Gasteiger partial charge in [-0.25, -0.2) is 4.79 Å². The third-order valence-corrected chi connectivity index (χ3v) is 5.31. The van der Waals surface area contributed by atoms with Gasteiger partial charge in [0.05, 0.1) is 18.6 Å². The number of aromatic nitrogens is 3. The van der Waals surface area contributed by atoms with E-state index in [9.17, 15) is 9.59 Å². The molecule has 0 saturated carbocycles. The quantitative estimate of drug-likeness (QED) is 0.721. The van der Waals surface area contributed by atoms with E-state index in [1.54, 1.807) is 6.26 Å². The average molecular weight is 392 g/mol. The zero-order chi connectivity index (χ0) is 19.2. The van der Waals surface area contributed by atoms with Gasteiger partial charge in [0, 0.05) is 20.1 Å². The summed E-state index contributed by atoms with van der Waals surface area (Å²) in [6.45, 7) is 4.58. The van der Waals surface area contributed by atoms with E-state index >= 15 is 0 Å². The molecule has 2 N–H and O–H groups in total. The van der Waals surface area contributed by atoms with Crippen molar-refractivity contribution in [3.8, 4) is 0 Å². The second kappa shape index (κ2) is 8.94. The molecule has 1 aliphatic heterocycles. The number of carbonyl (C=O) groups is 2. The lowest BCUT2D eigenvalue weighted by Gasteiger charge is -2.31. The minimum atomic E-state index is -0.527. The Hall–Kier alpha value is -2.49. The summed E-state index contributed by atoms with van der Waals surface area (Å²) in [6.07, 6.45) is 3.96. The summed E-state index contributed by atoms with van der Waals surface area (Å²) >= 11 is 1.24. The molecule has 2 aromatic heterocycles. The second-order valence-electron chi connectivity index (χ2n) is 6.56. The Morgan fingerprint density at radius 1 is 1.41 bits per heavy atom. The highest BCUT2D eigenvalue weighted by Crippen LogP contribution is 2.27. The first-order valence-corrected chi connectivity index (χ1v) is 9.90. The first kappa shape index (κ1) is 19.3. The molecule has 27 heavy (non-hydrogen) atoms. The summed E-state index contributed by atoms with van der Waals surface area (Å²) in [5, 5.41) is 13.9. The third-order valence-electron chi connectivity index (χ3n) is 4.34. The van der Waals surface area contributed by atoms with Gasteiger partial charge in [-0.1, -0.05) is 18.7 Å². The van der Waals surface area contributed by atoms with Crippen LogP contribution < -0.4 is 15.5 Å². The molecular formula is C17H24N6O3S. The molecule has 0 aliphatic carbocycles. The molecule has 3 rings (SSSR count). The largest absolute Gasteiger partial charge is 0.467 e. The maximum absolute atomic E-state index is 11.9. The molecule has 2 aromatic rings. The van der Waals surface area contributed by atoms with Gasteiger partial charge in [0.25, 0.3) is 0 Å². The predicted octanol–water partition coefficient (Wildman–Crippen LogP) is 1.70. The SMILES string of the molecule is CNC(=O)NC(=O)CSc1nnc(N2CCCC(C)C2)n1Cc1ccco1. The topological polar surface area (TPSA) is 105 Å². The second-order valence-corrected chi connectivity index (χ2v) is 7.50. The average Bonchev–Trinajstić information content (AvgIpc) is 3.30. The third kappa shape index (κ3) is 5.03. The van der Waals surface area contributed by atoms with Crippen LogP contribution in [0.1, 0.15) is 25.5 Å². The fraction of sp³-hybridized carbons (Fsp3) is 0.529. The normalized spacial score (nSPS) is 17.0. The molecule has 0 bridgehead atoms. The van der Waals surface area contributed by atoms with Crippen LogP contribution in [0, 0.1) is 5.92 Å². The Morgan fingerprint density at radius 2 is 2.26 bits per heavy atom. The number of imide groups is 1. The number of nitrogens with zero attached hydrogens (tertiary/aromatic N) is 4. The summed E-state index contributed by atoms with van der Waals surface area (Å²) in [7, 11) is 1.46. The molecule has 3 heterocycles. The molecule has 1 atom stereocenters. The van der Waals surface area contributed by atoms with Crippen molar-refractivity contribution in [2.75, 3.05) is 30.8 Å². The zero-order valence-corrected chi connectivity index (χ0v) is 16.3. The Labute approximate surface area is 161 Å². The highest BCUT2D eigenvalue weighted by molar-refractivity contribution is 7.99. The van der Waals surface area contributed by atoms with Gasteiger partial charge in [-0.05, 0) is 30.9 Å². The minimum absolute atomic E-state index is 0.0696. The van der Waals surface area contributed by atoms with Gasteiger partial charge >= 0.3 is 6.03 Å².